The summed E-state index contributed by atoms with van der Waals surface area (Å²) in [4.78, 5) is 21.3. The summed E-state index contributed by atoms with van der Waals surface area (Å²) in [5, 5.41) is 3.89. The molecule has 0 fully saturated rings. The second-order valence-electron chi connectivity index (χ2n) is 2.23. The monoisotopic (exact) mass is 264 g/mol. The first-order valence-electron chi connectivity index (χ1n) is 3.69. The van der Waals surface area contributed by atoms with Gasteiger partial charge in [0.05, 0.1) is 0 Å². The van der Waals surface area contributed by atoms with E-state index in [4.69, 9.17) is 11.6 Å². The molecular formula is C6H8ClF3N2O2S. The molecule has 0 radical (unpaired) electrons. The Hall–Kier alpha value is -0.630. The highest BCUT2D eigenvalue weighted by atomic mass is 35.5. The molecule has 0 aromatic carbocycles. The fourth-order valence-corrected chi connectivity index (χ4v) is 1.04. The Morgan fingerprint density at radius 3 is 2.40 bits per heavy atom. The molecule has 0 aliphatic heterocycles. The van der Waals surface area contributed by atoms with Gasteiger partial charge in [-0.25, -0.2) is 4.79 Å². The van der Waals surface area contributed by atoms with Crippen molar-refractivity contribution in [2.45, 2.75) is 5.51 Å². The average molecular weight is 265 g/mol. The molecule has 0 spiro atoms. The van der Waals surface area contributed by atoms with E-state index in [2.05, 4.69) is 5.32 Å². The molecule has 2 N–H and O–H groups in total. The fraction of sp³-hybridized carbons (Fsp3) is 0.667. The number of halogens is 4. The smallest absolute Gasteiger partial charge is 0.337 e. The number of imide groups is 1. The van der Waals surface area contributed by atoms with E-state index in [1.807, 2.05) is 5.32 Å². The average Bonchev–Trinajstić information content (AvgIpc) is 2.11. The van der Waals surface area contributed by atoms with Gasteiger partial charge < -0.3 is 5.32 Å². The molecule has 0 aliphatic rings. The van der Waals surface area contributed by atoms with Crippen LogP contribution >= 0.6 is 23.4 Å². The summed E-state index contributed by atoms with van der Waals surface area (Å²) < 4.78 is 34.8. The molecule has 0 heterocycles. The zero-order valence-electron chi connectivity index (χ0n) is 7.36. The van der Waals surface area contributed by atoms with Gasteiger partial charge in [0.25, 0.3) is 0 Å². The van der Waals surface area contributed by atoms with Crippen LogP contribution in [-0.4, -0.2) is 35.6 Å². The maximum absolute atomic E-state index is 11.6. The lowest BCUT2D eigenvalue weighted by Gasteiger charge is -2.07. The Balaban J connectivity index is 3.52. The number of amides is 3. The number of rotatable bonds is 4. The molecule has 9 heteroatoms. The van der Waals surface area contributed by atoms with E-state index >= 15 is 0 Å². The lowest BCUT2D eigenvalue weighted by atomic mass is 10.6. The molecule has 88 valence electrons. The Morgan fingerprint density at radius 2 is 1.93 bits per heavy atom. The van der Waals surface area contributed by atoms with Crippen molar-refractivity contribution < 1.29 is 22.8 Å². The summed E-state index contributed by atoms with van der Waals surface area (Å²) in [7, 11) is 0. The summed E-state index contributed by atoms with van der Waals surface area (Å²) >= 11 is 4.82. The molecular weight excluding hydrogens is 257 g/mol. The molecule has 3 amide bonds. The predicted octanol–water partition coefficient (Wildman–Crippen LogP) is 1.30. The van der Waals surface area contributed by atoms with Crippen LogP contribution in [0.2, 0.25) is 0 Å². The van der Waals surface area contributed by atoms with Crippen molar-refractivity contribution in [3.05, 3.63) is 0 Å². The van der Waals surface area contributed by atoms with Crippen molar-refractivity contribution in [2.75, 3.05) is 18.2 Å². The lowest BCUT2D eigenvalue weighted by molar-refractivity contribution is -0.117. The molecule has 0 aliphatic carbocycles. The minimum Gasteiger partial charge on any atom is -0.337 e. The Kier molecular flexibility index (Phi) is 6.50. The quantitative estimate of drug-likeness (QED) is 0.594. The van der Waals surface area contributed by atoms with Gasteiger partial charge in [-0.3, -0.25) is 10.1 Å². The molecule has 0 saturated carbocycles. The number of urea groups is 1. The molecule has 0 bridgehead atoms. The molecule has 4 nitrogen and oxygen atoms in total. The zero-order valence-corrected chi connectivity index (χ0v) is 8.93. The van der Waals surface area contributed by atoms with E-state index in [0.29, 0.717) is 0 Å². The largest absolute Gasteiger partial charge is 0.441 e. The highest BCUT2D eigenvalue weighted by Gasteiger charge is 2.27. The second kappa shape index (κ2) is 6.78. The van der Waals surface area contributed by atoms with Crippen molar-refractivity contribution in [1.29, 1.82) is 0 Å². The topological polar surface area (TPSA) is 58.2 Å². The first kappa shape index (κ1) is 14.4. The van der Waals surface area contributed by atoms with Gasteiger partial charge in [0.1, 0.15) is 5.88 Å². The summed E-state index contributed by atoms with van der Waals surface area (Å²) in [6.45, 7) is -0.189. The van der Waals surface area contributed by atoms with Crippen LogP contribution in [0.4, 0.5) is 18.0 Å². The minimum atomic E-state index is -4.32. The van der Waals surface area contributed by atoms with Crippen LogP contribution in [-0.2, 0) is 4.79 Å². The first-order valence-corrected chi connectivity index (χ1v) is 5.21. The van der Waals surface area contributed by atoms with Gasteiger partial charge in [0, 0.05) is 12.3 Å². The molecule has 15 heavy (non-hydrogen) atoms. The van der Waals surface area contributed by atoms with E-state index in [-0.39, 0.29) is 29.9 Å². The van der Waals surface area contributed by atoms with Gasteiger partial charge in [-0.15, -0.1) is 11.6 Å². The number of nitrogens with one attached hydrogen (secondary N) is 2. The van der Waals surface area contributed by atoms with E-state index < -0.39 is 17.4 Å². The standard InChI is InChI=1S/C6H8ClF3N2O2S/c7-3-4(13)12-5(14)11-1-2-15-6(8,9)10/h1-3H2,(H2,11,12,13,14). The van der Waals surface area contributed by atoms with Crippen LogP contribution in [0.25, 0.3) is 0 Å². The van der Waals surface area contributed by atoms with Gasteiger partial charge >= 0.3 is 11.5 Å². The van der Waals surface area contributed by atoms with Crippen LogP contribution in [0.5, 0.6) is 0 Å². The van der Waals surface area contributed by atoms with Gasteiger partial charge in [0.2, 0.25) is 5.91 Å². The summed E-state index contributed by atoms with van der Waals surface area (Å²) in [6, 6.07) is -0.858. The number of carbonyl (C=O) groups excluding carboxylic acids is 2. The van der Waals surface area contributed by atoms with Gasteiger partial charge in [-0.1, -0.05) is 0 Å². The van der Waals surface area contributed by atoms with Crippen molar-refractivity contribution in [3.8, 4) is 0 Å². The van der Waals surface area contributed by atoms with Crippen molar-refractivity contribution in [2.24, 2.45) is 0 Å². The van der Waals surface area contributed by atoms with Gasteiger partial charge in [-0.05, 0) is 11.8 Å². The molecule has 0 saturated heterocycles. The van der Waals surface area contributed by atoms with Crippen molar-refractivity contribution in [3.63, 3.8) is 0 Å². The maximum Gasteiger partial charge on any atom is 0.441 e. The molecule has 0 rings (SSSR count). The molecule has 0 aromatic heterocycles. The van der Waals surface area contributed by atoms with Crippen LogP contribution in [0, 0.1) is 0 Å². The third-order valence-electron chi connectivity index (χ3n) is 1.03. The van der Waals surface area contributed by atoms with Crippen molar-refractivity contribution >= 4 is 35.3 Å². The minimum absolute atomic E-state index is 0.189. The number of hydrogen-bond donors (Lipinski definition) is 2. The van der Waals surface area contributed by atoms with E-state index in [1.54, 1.807) is 0 Å². The third-order valence-corrected chi connectivity index (χ3v) is 2.01. The second-order valence-corrected chi connectivity index (χ2v) is 3.66. The Labute approximate surface area is 92.9 Å². The number of thioether (sulfide) groups is 1. The predicted molar refractivity (Wildman–Crippen MR) is 50.8 cm³/mol. The Bertz CT molecular complexity index is 237. The molecule has 0 aromatic rings. The van der Waals surface area contributed by atoms with Crippen LogP contribution in [0.1, 0.15) is 0 Å². The lowest BCUT2D eigenvalue weighted by Crippen LogP contribution is -2.41. The maximum atomic E-state index is 11.6. The summed E-state index contributed by atoms with van der Waals surface area (Å²) in [6.07, 6.45) is 0. The first-order chi connectivity index (χ1) is 6.85. The van der Waals surface area contributed by atoms with Crippen LogP contribution in [0.3, 0.4) is 0 Å². The summed E-state index contributed by atoms with van der Waals surface area (Å²) in [5.41, 5.74) is -4.32. The highest BCUT2D eigenvalue weighted by molar-refractivity contribution is 8.00. The number of alkyl halides is 4. The number of hydrogen-bond acceptors (Lipinski definition) is 3. The Morgan fingerprint density at radius 1 is 1.33 bits per heavy atom. The highest BCUT2D eigenvalue weighted by Crippen LogP contribution is 2.29. The molecule has 0 atom stereocenters. The fourth-order valence-electron chi connectivity index (χ4n) is 0.536. The van der Waals surface area contributed by atoms with Crippen LogP contribution < -0.4 is 10.6 Å². The van der Waals surface area contributed by atoms with E-state index in [9.17, 15) is 22.8 Å². The van der Waals surface area contributed by atoms with E-state index in [0.717, 1.165) is 0 Å². The van der Waals surface area contributed by atoms with Crippen molar-refractivity contribution in [1.82, 2.24) is 10.6 Å². The summed E-state index contributed by atoms with van der Waals surface area (Å²) in [5.74, 6) is -1.41. The number of carbonyl (C=O) groups is 2. The zero-order chi connectivity index (χ0) is 11.9. The SMILES string of the molecule is O=C(CCl)NC(=O)NCCSC(F)(F)F. The van der Waals surface area contributed by atoms with Gasteiger partial charge in [-0.2, -0.15) is 13.2 Å². The van der Waals surface area contributed by atoms with Gasteiger partial charge in [0.15, 0.2) is 0 Å². The van der Waals surface area contributed by atoms with Crippen LogP contribution in [0.15, 0.2) is 0 Å². The normalized spacial score (nSPS) is 10.9. The third kappa shape index (κ3) is 9.67. The molecule has 0 unspecified atom stereocenters. The van der Waals surface area contributed by atoms with E-state index in [1.165, 1.54) is 0 Å².